The van der Waals surface area contributed by atoms with E-state index in [0.717, 1.165) is 19.3 Å². The molecular formula is C10H14Cl2O. The molecule has 0 amide bonds. The molecule has 0 aliphatic heterocycles. The van der Waals surface area contributed by atoms with Crippen molar-refractivity contribution in [3.05, 3.63) is 0 Å². The number of Topliss-reactive ketones (excluding diaryl/α,β-unsaturated/α-hetero) is 1. The summed E-state index contributed by atoms with van der Waals surface area (Å²) in [5, 5.41) is 0. The van der Waals surface area contributed by atoms with Crippen LogP contribution in [0.5, 0.6) is 0 Å². The first-order valence-corrected chi connectivity index (χ1v) is 5.82. The molecule has 2 aliphatic rings. The summed E-state index contributed by atoms with van der Waals surface area (Å²) in [5.74, 6) is 0.488. The highest BCUT2D eigenvalue weighted by atomic mass is 35.5. The van der Waals surface area contributed by atoms with Crippen LogP contribution in [-0.4, -0.2) is 10.1 Å². The van der Waals surface area contributed by atoms with Gasteiger partial charge in [0, 0.05) is 11.8 Å². The molecule has 0 heterocycles. The van der Waals surface area contributed by atoms with Gasteiger partial charge in [-0.1, -0.05) is 48.9 Å². The summed E-state index contributed by atoms with van der Waals surface area (Å²) in [6.45, 7) is 0. The number of ketones is 1. The van der Waals surface area contributed by atoms with E-state index in [1.807, 2.05) is 0 Å². The molecule has 2 fully saturated rings. The number of rotatable bonds is 0. The van der Waals surface area contributed by atoms with Gasteiger partial charge in [-0.2, -0.15) is 0 Å². The van der Waals surface area contributed by atoms with E-state index in [4.69, 9.17) is 23.2 Å². The second kappa shape index (κ2) is 3.43. The molecule has 2 unspecified atom stereocenters. The molecule has 0 radical (unpaired) electrons. The molecule has 0 aromatic rings. The fraction of sp³-hybridized carbons (Fsp3) is 0.900. The summed E-state index contributed by atoms with van der Waals surface area (Å²) < 4.78 is -1.04. The lowest BCUT2D eigenvalue weighted by molar-refractivity contribution is -0.136. The Labute approximate surface area is 88.8 Å². The van der Waals surface area contributed by atoms with Gasteiger partial charge in [0.2, 0.25) is 0 Å². The SMILES string of the molecule is O=C1C2CCCCCCC2C1(Cl)Cl. The lowest BCUT2D eigenvalue weighted by atomic mass is 9.66. The van der Waals surface area contributed by atoms with Gasteiger partial charge in [0.25, 0.3) is 0 Å². The van der Waals surface area contributed by atoms with E-state index in [1.165, 1.54) is 19.3 Å². The van der Waals surface area contributed by atoms with E-state index in [1.54, 1.807) is 0 Å². The minimum absolute atomic E-state index is 0.0720. The molecule has 0 aromatic heterocycles. The van der Waals surface area contributed by atoms with E-state index >= 15 is 0 Å². The molecule has 0 N–H and O–H groups in total. The van der Waals surface area contributed by atoms with E-state index in [9.17, 15) is 4.79 Å². The number of halogens is 2. The zero-order valence-corrected chi connectivity index (χ0v) is 9.07. The predicted octanol–water partition coefficient (Wildman–Crippen LogP) is 3.33. The topological polar surface area (TPSA) is 17.1 Å². The normalized spacial score (nSPS) is 38.5. The fourth-order valence-electron chi connectivity index (χ4n) is 2.57. The second-order valence-electron chi connectivity index (χ2n) is 4.19. The minimum atomic E-state index is -1.04. The first kappa shape index (κ1) is 9.79. The maximum atomic E-state index is 11.5. The highest BCUT2D eigenvalue weighted by Gasteiger charge is 2.59. The highest BCUT2D eigenvalue weighted by molar-refractivity contribution is 6.60. The summed E-state index contributed by atoms with van der Waals surface area (Å²) in [7, 11) is 0. The average Bonchev–Trinajstić information content (AvgIpc) is 2.03. The van der Waals surface area contributed by atoms with Crippen molar-refractivity contribution >= 4 is 29.0 Å². The summed E-state index contributed by atoms with van der Waals surface area (Å²) in [4.78, 5) is 11.5. The molecule has 0 aromatic carbocycles. The summed E-state index contributed by atoms with van der Waals surface area (Å²) >= 11 is 11.9. The van der Waals surface area contributed by atoms with Gasteiger partial charge in [-0.05, 0) is 12.8 Å². The third-order valence-corrected chi connectivity index (χ3v) is 4.33. The molecule has 0 saturated heterocycles. The molecule has 13 heavy (non-hydrogen) atoms. The fourth-order valence-corrected chi connectivity index (χ4v) is 3.37. The average molecular weight is 221 g/mol. The smallest absolute Gasteiger partial charge is 0.179 e. The van der Waals surface area contributed by atoms with Crippen LogP contribution in [0.1, 0.15) is 38.5 Å². The molecule has 74 valence electrons. The molecule has 1 nitrogen and oxygen atoms in total. The van der Waals surface area contributed by atoms with Crippen LogP contribution >= 0.6 is 23.2 Å². The number of carbonyl (C=O) groups is 1. The van der Waals surface area contributed by atoms with Crippen molar-refractivity contribution in [1.29, 1.82) is 0 Å². The summed E-state index contributed by atoms with van der Waals surface area (Å²) in [5.41, 5.74) is 0. The van der Waals surface area contributed by atoms with Crippen LogP contribution in [0.25, 0.3) is 0 Å². The van der Waals surface area contributed by atoms with Gasteiger partial charge in [0.15, 0.2) is 10.1 Å². The molecule has 2 saturated carbocycles. The molecule has 2 aliphatic carbocycles. The van der Waals surface area contributed by atoms with Crippen molar-refractivity contribution < 1.29 is 4.79 Å². The highest BCUT2D eigenvalue weighted by Crippen LogP contribution is 2.53. The minimum Gasteiger partial charge on any atom is -0.296 e. The monoisotopic (exact) mass is 220 g/mol. The van der Waals surface area contributed by atoms with Crippen LogP contribution < -0.4 is 0 Å². The molecule has 2 rings (SSSR count). The van der Waals surface area contributed by atoms with Crippen LogP contribution in [0.4, 0.5) is 0 Å². The Morgan fingerprint density at radius 2 is 1.69 bits per heavy atom. The van der Waals surface area contributed by atoms with E-state index < -0.39 is 4.33 Å². The Morgan fingerprint density at radius 3 is 2.38 bits per heavy atom. The van der Waals surface area contributed by atoms with Gasteiger partial charge in [-0.25, -0.2) is 0 Å². The van der Waals surface area contributed by atoms with Crippen LogP contribution in [0.15, 0.2) is 0 Å². The van der Waals surface area contributed by atoms with Crippen molar-refractivity contribution in [2.24, 2.45) is 11.8 Å². The van der Waals surface area contributed by atoms with Crippen molar-refractivity contribution in [2.45, 2.75) is 42.9 Å². The predicted molar refractivity (Wildman–Crippen MR) is 54.1 cm³/mol. The maximum Gasteiger partial charge on any atom is 0.179 e. The van der Waals surface area contributed by atoms with Crippen LogP contribution in [0.2, 0.25) is 0 Å². The van der Waals surface area contributed by atoms with E-state index in [-0.39, 0.29) is 17.6 Å². The Balaban J connectivity index is 2.07. The number of hydrogen-bond acceptors (Lipinski definition) is 1. The van der Waals surface area contributed by atoms with Crippen molar-refractivity contribution in [1.82, 2.24) is 0 Å². The van der Waals surface area contributed by atoms with Crippen molar-refractivity contribution in [2.75, 3.05) is 0 Å². The van der Waals surface area contributed by atoms with Gasteiger partial charge < -0.3 is 0 Å². The number of alkyl halides is 2. The molecule has 0 spiro atoms. The Hall–Kier alpha value is 0.250. The molecule has 0 bridgehead atoms. The number of fused-ring (bicyclic) bond motifs is 1. The number of hydrogen-bond donors (Lipinski definition) is 0. The second-order valence-corrected chi connectivity index (χ2v) is 5.58. The quantitative estimate of drug-likeness (QED) is 0.573. The van der Waals surface area contributed by atoms with Gasteiger partial charge in [-0.15, -0.1) is 0 Å². The molecular weight excluding hydrogens is 207 g/mol. The molecule has 3 heteroatoms. The van der Waals surface area contributed by atoms with Crippen LogP contribution in [-0.2, 0) is 4.79 Å². The lowest BCUT2D eigenvalue weighted by Crippen LogP contribution is -2.56. The largest absolute Gasteiger partial charge is 0.296 e. The van der Waals surface area contributed by atoms with Crippen molar-refractivity contribution in [3.63, 3.8) is 0 Å². The van der Waals surface area contributed by atoms with E-state index in [2.05, 4.69) is 0 Å². The standard InChI is InChI=1S/C10H14Cl2O/c11-10(12)8-6-4-2-1-3-5-7(8)9(10)13/h7-8H,1-6H2. The Kier molecular flexibility index (Phi) is 2.59. The molecule has 2 atom stereocenters. The van der Waals surface area contributed by atoms with Crippen LogP contribution in [0, 0.1) is 11.8 Å². The lowest BCUT2D eigenvalue weighted by Gasteiger charge is -2.46. The summed E-state index contributed by atoms with van der Waals surface area (Å²) in [6.07, 6.45) is 6.90. The zero-order valence-electron chi connectivity index (χ0n) is 7.56. The van der Waals surface area contributed by atoms with Gasteiger partial charge in [-0.3, -0.25) is 4.79 Å². The Morgan fingerprint density at radius 1 is 1.08 bits per heavy atom. The van der Waals surface area contributed by atoms with Gasteiger partial charge in [0.05, 0.1) is 0 Å². The van der Waals surface area contributed by atoms with E-state index in [0.29, 0.717) is 0 Å². The maximum absolute atomic E-state index is 11.5. The zero-order chi connectivity index (χ0) is 9.47. The first-order chi connectivity index (χ1) is 6.14. The van der Waals surface area contributed by atoms with Gasteiger partial charge in [0.1, 0.15) is 0 Å². The number of carbonyl (C=O) groups excluding carboxylic acids is 1. The third kappa shape index (κ3) is 1.50. The van der Waals surface area contributed by atoms with Gasteiger partial charge >= 0.3 is 0 Å². The van der Waals surface area contributed by atoms with Crippen molar-refractivity contribution in [3.8, 4) is 0 Å². The third-order valence-electron chi connectivity index (χ3n) is 3.40. The Bertz CT molecular complexity index is 225. The summed E-state index contributed by atoms with van der Waals surface area (Å²) in [6, 6.07) is 0. The van der Waals surface area contributed by atoms with Crippen LogP contribution in [0.3, 0.4) is 0 Å². The first-order valence-electron chi connectivity index (χ1n) is 5.06.